The van der Waals surface area contributed by atoms with Gasteiger partial charge in [0.05, 0.1) is 24.0 Å². The third-order valence-electron chi connectivity index (χ3n) is 7.08. The Labute approximate surface area is 224 Å². The Kier molecular flexibility index (Phi) is 6.42. The predicted molar refractivity (Wildman–Crippen MR) is 146 cm³/mol. The number of para-hydroxylation sites is 1. The van der Waals surface area contributed by atoms with Gasteiger partial charge in [0.2, 0.25) is 0 Å². The van der Waals surface area contributed by atoms with Crippen molar-refractivity contribution in [1.29, 1.82) is 0 Å². The number of rotatable bonds is 6. The molecule has 1 saturated heterocycles. The van der Waals surface area contributed by atoms with Crippen LogP contribution < -0.4 is 10.3 Å². The van der Waals surface area contributed by atoms with Gasteiger partial charge in [-0.2, -0.15) is 5.10 Å². The van der Waals surface area contributed by atoms with Crippen LogP contribution in [0.5, 0.6) is 11.5 Å². The molecule has 0 aliphatic carbocycles. The standard InChI is InChI=1S/C30H27N5O4/c36-28(22-7-3-1-4-8-22)33-17-15-30(38,16-18-33)20-34-21-31-27-26(29(34)37)19-32-35(27)23-11-13-25(14-12-23)39-24-9-5-2-6-10-24/h1-14,19,21,38H,15-18,20H2. The molecule has 9 nitrogen and oxygen atoms in total. The normalized spacial score (nSPS) is 14.8. The quantitative estimate of drug-likeness (QED) is 0.362. The number of hydrogen-bond acceptors (Lipinski definition) is 6. The van der Waals surface area contributed by atoms with Gasteiger partial charge in [0.1, 0.15) is 23.2 Å². The number of piperidine rings is 1. The Hall–Kier alpha value is -4.76. The van der Waals surface area contributed by atoms with Crippen LogP contribution >= 0.6 is 0 Å². The Morgan fingerprint density at radius 3 is 2.23 bits per heavy atom. The number of carbonyl (C=O) groups is 1. The average Bonchev–Trinajstić information content (AvgIpc) is 3.41. The van der Waals surface area contributed by atoms with Crippen LogP contribution in [0.1, 0.15) is 23.2 Å². The maximum absolute atomic E-state index is 13.3. The lowest BCUT2D eigenvalue weighted by atomic mass is 9.91. The number of ether oxygens (including phenoxy) is 1. The second-order valence-corrected chi connectivity index (χ2v) is 9.76. The van der Waals surface area contributed by atoms with Crippen LogP contribution in [0.2, 0.25) is 0 Å². The molecule has 0 radical (unpaired) electrons. The Balaban J connectivity index is 1.16. The first kappa shape index (κ1) is 24.6. The van der Waals surface area contributed by atoms with Crippen molar-refractivity contribution in [3.8, 4) is 17.2 Å². The molecule has 196 valence electrons. The van der Waals surface area contributed by atoms with Crippen LogP contribution in [0.15, 0.2) is 102 Å². The third kappa shape index (κ3) is 5.04. The summed E-state index contributed by atoms with van der Waals surface area (Å²) in [6.07, 6.45) is 3.69. The Bertz CT molecular complexity index is 1660. The minimum atomic E-state index is -1.11. The second-order valence-electron chi connectivity index (χ2n) is 9.76. The van der Waals surface area contributed by atoms with Crippen LogP contribution in [0.4, 0.5) is 0 Å². The fourth-order valence-corrected chi connectivity index (χ4v) is 4.89. The van der Waals surface area contributed by atoms with Gasteiger partial charge in [-0.05, 0) is 61.4 Å². The number of benzene rings is 3. The summed E-state index contributed by atoms with van der Waals surface area (Å²) in [4.78, 5) is 32.3. The summed E-state index contributed by atoms with van der Waals surface area (Å²) in [5, 5.41) is 16.0. The fourth-order valence-electron chi connectivity index (χ4n) is 4.89. The van der Waals surface area contributed by atoms with Gasteiger partial charge in [0, 0.05) is 18.7 Å². The monoisotopic (exact) mass is 521 g/mol. The lowest BCUT2D eigenvalue weighted by Gasteiger charge is -2.38. The first-order valence-corrected chi connectivity index (χ1v) is 12.8. The van der Waals surface area contributed by atoms with E-state index in [4.69, 9.17) is 4.74 Å². The van der Waals surface area contributed by atoms with Gasteiger partial charge in [-0.3, -0.25) is 14.2 Å². The van der Waals surface area contributed by atoms with E-state index in [1.165, 1.54) is 17.1 Å². The van der Waals surface area contributed by atoms with Crippen LogP contribution in [-0.4, -0.2) is 53.9 Å². The predicted octanol–water partition coefficient (Wildman–Crippen LogP) is 4.04. The molecule has 9 heteroatoms. The van der Waals surface area contributed by atoms with Gasteiger partial charge in [0.15, 0.2) is 5.65 Å². The van der Waals surface area contributed by atoms with E-state index >= 15 is 0 Å². The highest BCUT2D eigenvalue weighted by molar-refractivity contribution is 5.94. The Morgan fingerprint density at radius 2 is 1.54 bits per heavy atom. The molecule has 39 heavy (non-hydrogen) atoms. The zero-order chi connectivity index (χ0) is 26.8. The van der Waals surface area contributed by atoms with Crippen molar-refractivity contribution in [1.82, 2.24) is 24.2 Å². The van der Waals surface area contributed by atoms with E-state index in [9.17, 15) is 14.7 Å². The number of fused-ring (bicyclic) bond motifs is 1. The van der Waals surface area contributed by atoms with Crippen molar-refractivity contribution >= 4 is 16.9 Å². The third-order valence-corrected chi connectivity index (χ3v) is 7.08. The Morgan fingerprint density at radius 1 is 0.897 bits per heavy atom. The zero-order valence-corrected chi connectivity index (χ0v) is 21.2. The van der Waals surface area contributed by atoms with E-state index in [1.807, 2.05) is 72.8 Å². The number of carbonyl (C=O) groups excluding carboxylic acids is 1. The molecule has 1 amide bonds. The summed E-state index contributed by atoms with van der Waals surface area (Å²) < 4.78 is 8.89. The van der Waals surface area contributed by atoms with Crippen LogP contribution in [0.3, 0.4) is 0 Å². The van der Waals surface area contributed by atoms with Gasteiger partial charge >= 0.3 is 0 Å². The number of amides is 1. The van der Waals surface area contributed by atoms with E-state index < -0.39 is 5.60 Å². The summed E-state index contributed by atoms with van der Waals surface area (Å²) >= 11 is 0. The molecule has 0 saturated carbocycles. The number of aromatic nitrogens is 4. The minimum Gasteiger partial charge on any atom is -0.457 e. The zero-order valence-electron chi connectivity index (χ0n) is 21.2. The molecule has 1 aliphatic rings. The van der Waals surface area contributed by atoms with Gasteiger partial charge in [-0.1, -0.05) is 36.4 Å². The average molecular weight is 522 g/mol. The number of likely N-dealkylation sites (tertiary alicyclic amines) is 1. The van der Waals surface area contributed by atoms with Crippen LogP contribution in [0.25, 0.3) is 16.7 Å². The van der Waals surface area contributed by atoms with Gasteiger partial charge in [0.25, 0.3) is 11.5 Å². The fraction of sp³-hybridized carbons (Fsp3) is 0.200. The molecule has 6 rings (SSSR count). The van der Waals surface area contributed by atoms with Crippen LogP contribution in [0, 0.1) is 0 Å². The molecule has 0 bridgehead atoms. The molecule has 1 fully saturated rings. The number of aliphatic hydroxyl groups is 1. The highest BCUT2D eigenvalue weighted by Crippen LogP contribution is 2.26. The lowest BCUT2D eigenvalue weighted by molar-refractivity contribution is -0.0299. The van der Waals surface area contributed by atoms with Crippen molar-refractivity contribution in [2.24, 2.45) is 0 Å². The molecule has 1 N–H and O–H groups in total. The summed E-state index contributed by atoms with van der Waals surface area (Å²) in [6.45, 7) is 0.923. The molecule has 5 aromatic rings. The van der Waals surface area contributed by atoms with E-state index in [1.54, 1.807) is 21.7 Å². The van der Waals surface area contributed by atoms with Crippen molar-refractivity contribution < 1.29 is 14.6 Å². The van der Waals surface area contributed by atoms with E-state index in [0.29, 0.717) is 48.3 Å². The van der Waals surface area contributed by atoms with Crippen LogP contribution in [-0.2, 0) is 6.54 Å². The van der Waals surface area contributed by atoms with Gasteiger partial charge in [-0.25, -0.2) is 9.67 Å². The van der Waals surface area contributed by atoms with Crippen molar-refractivity contribution in [3.63, 3.8) is 0 Å². The summed E-state index contributed by atoms with van der Waals surface area (Å²) in [5.41, 5.74) is 0.417. The minimum absolute atomic E-state index is 0.0509. The SMILES string of the molecule is O=C(c1ccccc1)N1CCC(O)(Cn2cnc3c(cnn3-c3ccc(Oc4ccccc4)cc3)c2=O)CC1. The molecule has 3 aromatic carbocycles. The molecule has 0 unspecified atom stereocenters. The van der Waals surface area contributed by atoms with E-state index in [0.717, 1.165) is 11.4 Å². The molecule has 0 atom stereocenters. The summed E-state index contributed by atoms with van der Waals surface area (Å²) in [6, 6.07) is 26.0. The maximum Gasteiger partial charge on any atom is 0.264 e. The van der Waals surface area contributed by atoms with Gasteiger partial charge < -0.3 is 14.7 Å². The summed E-state index contributed by atoms with van der Waals surface area (Å²) in [5.74, 6) is 1.37. The summed E-state index contributed by atoms with van der Waals surface area (Å²) in [7, 11) is 0. The highest BCUT2D eigenvalue weighted by Gasteiger charge is 2.35. The first-order chi connectivity index (χ1) is 19.0. The van der Waals surface area contributed by atoms with E-state index in [-0.39, 0.29) is 18.0 Å². The smallest absolute Gasteiger partial charge is 0.264 e. The number of hydrogen-bond donors (Lipinski definition) is 1. The van der Waals surface area contributed by atoms with Gasteiger partial charge in [-0.15, -0.1) is 0 Å². The van der Waals surface area contributed by atoms with Crippen molar-refractivity contribution in [2.75, 3.05) is 13.1 Å². The topological polar surface area (TPSA) is 102 Å². The molecule has 1 aliphatic heterocycles. The second kappa shape index (κ2) is 10.2. The highest BCUT2D eigenvalue weighted by atomic mass is 16.5. The number of nitrogens with zero attached hydrogens (tertiary/aromatic N) is 5. The maximum atomic E-state index is 13.3. The first-order valence-electron chi connectivity index (χ1n) is 12.8. The van der Waals surface area contributed by atoms with Crippen molar-refractivity contribution in [3.05, 3.63) is 113 Å². The molecule has 0 spiro atoms. The molecular weight excluding hydrogens is 494 g/mol. The molecule has 2 aromatic heterocycles. The van der Waals surface area contributed by atoms with E-state index in [2.05, 4.69) is 10.1 Å². The largest absolute Gasteiger partial charge is 0.457 e. The molecular formula is C30H27N5O4. The molecule has 3 heterocycles. The van der Waals surface area contributed by atoms with Crippen molar-refractivity contribution in [2.45, 2.75) is 25.0 Å². The lowest BCUT2D eigenvalue weighted by Crippen LogP contribution is -2.49.